The standard InChI is InChI=1S/C17H22BrNO2/c1-5-19-17(14-9-11(3)21-12(14)4)15-10-13(18)7-8-16(15)20-6-2/h7-10,17,19H,5-6H2,1-4H3. The summed E-state index contributed by atoms with van der Waals surface area (Å²) in [5, 5.41) is 3.53. The topological polar surface area (TPSA) is 34.4 Å². The third kappa shape index (κ3) is 3.69. The van der Waals surface area contributed by atoms with Crippen molar-refractivity contribution in [3.63, 3.8) is 0 Å². The highest BCUT2D eigenvalue weighted by molar-refractivity contribution is 9.10. The Labute approximate surface area is 134 Å². The molecule has 4 heteroatoms. The van der Waals surface area contributed by atoms with E-state index in [-0.39, 0.29) is 6.04 Å². The van der Waals surface area contributed by atoms with E-state index in [0.717, 1.165) is 39.4 Å². The predicted molar refractivity (Wildman–Crippen MR) is 89.0 cm³/mol. The Morgan fingerprint density at radius 1 is 1.19 bits per heavy atom. The fraction of sp³-hybridized carbons (Fsp3) is 0.412. The molecule has 0 saturated heterocycles. The molecule has 1 unspecified atom stereocenters. The Morgan fingerprint density at radius 3 is 2.52 bits per heavy atom. The molecule has 0 radical (unpaired) electrons. The van der Waals surface area contributed by atoms with Gasteiger partial charge in [-0.2, -0.15) is 0 Å². The van der Waals surface area contributed by atoms with Gasteiger partial charge in [0.1, 0.15) is 17.3 Å². The van der Waals surface area contributed by atoms with Gasteiger partial charge in [-0.1, -0.05) is 22.9 Å². The summed E-state index contributed by atoms with van der Waals surface area (Å²) < 4.78 is 12.5. The Balaban J connectivity index is 2.51. The van der Waals surface area contributed by atoms with Gasteiger partial charge in [0.2, 0.25) is 0 Å². The van der Waals surface area contributed by atoms with Gasteiger partial charge in [0.05, 0.1) is 12.6 Å². The van der Waals surface area contributed by atoms with Gasteiger partial charge in [-0.3, -0.25) is 0 Å². The molecule has 1 N–H and O–H groups in total. The van der Waals surface area contributed by atoms with Gasteiger partial charge in [0, 0.05) is 15.6 Å². The lowest BCUT2D eigenvalue weighted by atomic mass is 9.98. The highest BCUT2D eigenvalue weighted by atomic mass is 79.9. The molecule has 0 fully saturated rings. The second kappa shape index (κ2) is 7.14. The van der Waals surface area contributed by atoms with Crippen LogP contribution in [0, 0.1) is 13.8 Å². The SMILES string of the molecule is CCNC(c1cc(Br)ccc1OCC)c1cc(C)oc1C. The Hall–Kier alpha value is -1.26. The summed E-state index contributed by atoms with van der Waals surface area (Å²) in [5.74, 6) is 2.78. The summed E-state index contributed by atoms with van der Waals surface area (Å²) in [5.41, 5.74) is 2.28. The van der Waals surface area contributed by atoms with Gasteiger partial charge in [0.15, 0.2) is 0 Å². The van der Waals surface area contributed by atoms with Crippen LogP contribution in [0.15, 0.2) is 33.2 Å². The number of halogens is 1. The third-order valence-electron chi connectivity index (χ3n) is 3.38. The van der Waals surface area contributed by atoms with E-state index in [9.17, 15) is 0 Å². The minimum Gasteiger partial charge on any atom is -0.494 e. The van der Waals surface area contributed by atoms with Gasteiger partial charge in [-0.15, -0.1) is 0 Å². The van der Waals surface area contributed by atoms with Crippen molar-refractivity contribution in [2.24, 2.45) is 0 Å². The van der Waals surface area contributed by atoms with Gasteiger partial charge in [-0.25, -0.2) is 0 Å². The summed E-state index contributed by atoms with van der Waals surface area (Å²) in [6, 6.07) is 8.28. The lowest BCUT2D eigenvalue weighted by Crippen LogP contribution is -2.23. The van der Waals surface area contributed by atoms with Crippen LogP contribution in [0.25, 0.3) is 0 Å². The fourth-order valence-electron chi connectivity index (χ4n) is 2.56. The van der Waals surface area contributed by atoms with E-state index in [0.29, 0.717) is 6.61 Å². The molecule has 0 saturated carbocycles. The van der Waals surface area contributed by atoms with Crippen LogP contribution < -0.4 is 10.1 Å². The van der Waals surface area contributed by atoms with E-state index in [1.54, 1.807) is 0 Å². The van der Waals surface area contributed by atoms with Crippen LogP contribution >= 0.6 is 15.9 Å². The summed E-state index contributed by atoms with van der Waals surface area (Å²) in [7, 11) is 0. The largest absolute Gasteiger partial charge is 0.494 e. The van der Waals surface area contributed by atoms with Crippen LogP contribution in [-0.2, 0) is 0 Å². The van der Waals surface area contributed by atoms with Crippen LogP contribution in [0.1, 0.15) is 42.5 Å². The van der Waals surface area contributed by atoms with Crippen molar-refractivity contribution in [1.29, 1.82) is 0 Å². The van der Waals surface area contributed by atoms with E-state index in [1.807, 2.05) is 32.9 Å². The molecule has 0 bridgehead atoms. The minimum atomic E-state index is 0.0616. The van der Waals surface area contributed by atoms with Crippen LogP contribution in [-0.4, -0.2) is 13.2 Å². The van der Waals surface area contributed by atoms with Crippen LogP contribution in [0.3, 0.4) is 0 Å². The number of rotatable bonds is 6. The van der Waals surface area contributed by atoms with Crippen molar-refractivity contribution in [1.82, 2.24) is 5.32 Å². The zero-order valence-corrected chi connectivity index (χ0v) is 14.6. The number of hydrogen-bond donors (Lipinski definition) is 1. The van der Waals surface area contributed by atoms with Gasteiger partial charge in [-0.05, 0) is 51.6 Å². The smallest absolute Gasteiger partial charge is 0.124 e. The van der Waals surface area contributed by atoms with Gasteiger partial charge in [0.25, 0.3) is 0 Å². The average molecular weight is 352 g/mol. The number of nitrogens with one attached hydrogen (secondary N) is 1. The monoisotopic (exact) mass is 351 g/mol. The van der Waals surface area contributed by atoms with Crippen molar-refractivity contribution in [3.05, 3.63) is 51.4 Å². The summed E-state index contributed by atoms with van der Waals surface area (Å²) in [6.45, 7) is 9.60. The lowest BCUT2D eigenvalue weighted by Gasteiger charge is -2.21. The zero-order chi connectivity index (χ0) is 15.4. The molecular formula is C17H22BrNO2. The molecule has 114 valence electrons. The van der Waals surface area contributed by atoms with E-state index >= 15 is 0 Å². The number of benzene rings is 1. The molecule has 0 aliphatic carbocycles. The van der Waals surface area contributed by atoms with E-state index in [1.165, 1.54) is 0 Å². The first-order chi connectivity index (χ1) is 10.1. The Bertz CT molecular complexity index is 607. The number of ether oxygens (including phenoxy) is 1. The molecule has 0 amide bonds. The van der Waals surface area contributed by atoms with E-state index < -0.39 is 0 Å². The molecular weight excluding hydrogens is 330 g/mol. The van der Waals surface area contributed by atoms with Gasteiger partial charge < -0.3 is 14.5 Å². The summed E-state index contributed by atoms with van der Waals surface area (Å²) in [6.07, 6.45) is 0. The summed E-state index contributed by atoms with van der Waals surface area (Å²) in [4.78, 5) is 0. The molecule has 0 aliphatic heterocycles. The number of hydrogen-bond acceptors (Lipinski definition) is 3. The van der Waals surface area contributed by atoms with Crippen molar-refractivity contribution in [3.8, 4) is 5.75 Å². The minimum absolute atomic E-state index is 0.0616. The predicted octanol–water partition coefficient (Wildman–Crippen LogP) is 4.76. The Kier molecular flexibility index (Phi) is 5.48. The maximum Gasteiger partial charge on any atom is 0.124 e. The van der Waals surface area contributed by atoms with Crippen molar-refractivity contribution in [2.75, 3.05) is 13.2 Å². The maximum atomic E-state index is 5.80. The molecule has 1 aromatic heterocycles. The number of furan rings is 1. The highest BCUT2D eigenvalue weighted by Gasteiger charge is 2.22. The van der Waals surface area contributed by atoms with Gasteiger partial charge >= 0.3 is 0 Å². The van der Waals surface area contributed by atoms with Crippen molar-refractivity contribution in [2.45, 2.75) is 33.7 Å². The lowest BCUT2D eigenvalue weighted by molar-refractivity contribution is 0.333. The van der Waals surface area contributed by atoms with Crippen molar-refractivity contribution < 1.29 is 9.15 Å². The highest BCUT2D eigenvalue weighted by Crippen LogP contribution is 2.35. The molecule has 2 aromatic rings. The normalized spacial score (nSPS) is 12.4. The molecule has 2 rings (SSSR count). The second-order valence-electron chi connectivity index (χ2n) is 4.97. The molecule has 1 heterocycles. The van der Waals surface area contributed by atoms with Crippen LogP contribution in [0.2, 0.25) is 0 Å². The summed E-state index contributed by atoms with van der Waals surface area (Å²) >= 11 is 3.56. The molecule has 1 aromatic carbocycles. The Morgan fingerprint density at radius 2 is 1.95 bits per heavy atom. The molecule has 3 nitrogen and oxygen atoms in total. The average Bonchev–Trinajstić information content (AvgIpc) is 2.77. The maximum absolute atomic E-state index is 5.80. The first-order valence-electron chi connectivity index (χ1n) is 7.29. The molecule has 21 heavy (non-hydrogen) atoms. The quantitative estimate of drug-likeness (QED) is 0.814. The van der Waals surface area contributed by atoms with Crippen LogP contribution in [0.5, 0.6) is 5.75 Å². The first kappa shape index (κ1) is 16.1. The fourth-order valence-corrected chi connectivity index (χ4v) is 2.94. The zero-order valence-electron chi connectivity index (χ0n) is 13.0. The van der Waals surface area contributed by atoms with E-state index in [4.69, 9.17) is 9.15 Å². The third-order valence-corrected chi connectivity index (χ3v) is 3.87. The van der Waals surface area contributed by atoms with Crippen molar-refractivity contribution >= 4 is 15.9 Å². The van der Waals surface area contributed by atoms with Crippen LogP contribution in [0.4, 0.5) is 0 Å². The molecule has 0 aliphatic rings. The second-order valence-corrected chi connectivity index (χ2v) is 5.89. The molecule has 0 spiro atoms. The van der Waals surface area contributed by atoms with E-state index in [2.05, 4.69) is 40.3 Å². The first-order valence-corrected chi connectivity index (χ1v) is 8.08. The molecule has 1 atom stereocenters. The number of aryl methyl sites for hydroxylation is 2.